The lowest BCUT2D eigenvalue weighted by molar-refractivity contribution is 0.199. The molecular formula is C10H14N4O2S. The van der Waals surface area contributed by atoms with Crippen LogP contribution in [0, 0.1) is 0 Å². The fourth-order valence-corrected chi connectivity index (χ4v) is 2.00. The number of thiazole rings is 1. The maximum atomic E-state index is 5.74. The molecule has 0 bridgehead atoms. The van der Waals surface area contributed by atoms with Crippen LogP contribution in [0.3, 0.4) is 0 Å². The molecule has 0 radical (unpaired) electrons. The first-order valence-electron chi connectivity index (χ1n) is 5.23. The van der Waals surface area contributed by atoms with E-state index in [1.165, 1.54) is 11.3 Å². The SMILES string of the molecule is COCCc1noc(-c2csc(C(C)N)n2)n1. The summed E-state index contributed by atoms with van der Waals surface area (Å²) in [5, 5.41) is 6.58. The number of rotatable bonds is 5. The van der Waals surface area contributed by atoms with E-state index in [1.807, 2.05) is 12.3 Å². The second kappa shape index (κ2) is 5.35. The van der Waals surface area contributed by atoms with Gasteiger partial charge in [-0.1, -0.05) is 5.16 Å². The molecule has 2 heterocycles. The molecule has 7 heteroatoms. The molecule has 1 unspecified atom stereocenters. The van der Waals surface area contributed by atoms with Gasteiger partial charge in [0.15, 0.2) is 5.82 Å². The van der Waals surface area contributed by atoms with Gasteiger partial charge in [-0.05, 0) is 6.92 Å². The maximum absolute atomic E-state index is 5.74. The van der Waals surface area contributed by atoms with E-state index in [1.54, 1.807) is 7.11 Å². The van der Waals surface area contributed by atoms with Gasteiger partial charge in [0.2, 0.25) is 0 Å². The Balaban J connectivity index is 2.13. The first-order valence-corrected chi connectivity index (χ1v) is 6.11. The van der Waals surface area contributed by atoms with Gasteiger partial charge in [0, 0.05) is 18.9 Å². The molecule has 0 aliphatic heterocycles. The molecule has 0 aliphatic carbocycles. The Kier molecular flexibility index (Phi) is 3.82. The molecule has 0 saturated heterocycles. The summed E-state index contributed by atoms with van der Waals surface area (Å²) in [6.45, 7) is 2.46. The summed E-state index contributed by atoms with van der Waals surface area (Å²) in [7, 11) is 1.64. The van der Waals surface area contributed by atoms with Crippen molar-refractivity contribution < 1.29 is 9.26 Å². The Bertz CT molecular complexity index is 480. The largest absolute Gasteiger partial charge is 0.384 e. The maximum Gasteiger partial charge on any atom is 0.277 e. The Morgan fingerprint density at radius 3 is 3.00 bits per heavy atom. The third-order valence-electron chi connectivity index (χ3n) is 2.13. The fourth-order valence-electron chi connectivity index (χ4n) is 1.25. The normalized spacial score (nSPS) is 12.9. The van der Waals surface area contributed by atoms with Gasteiger partial charge < -0.3 is 15.0 Å². The lowest BCUT2D eigenvalue weighted by Gasteiger charge is -1.95. The molecule has 0 fully saturated rings. The molecule has 0 aliphatic rings. The molecule has 6 nitrogen and oxygen atoms in total. The van der Waals surface area contributed by atoms with Crippen LogP contribution < -0.4 is 5.73 Å². The third-order valence-corrected chi connectivity index (χ3v) is 3.17. The fraction of sp³-hybridized carbons (Fsp3) is 0.500. The number of methoxy groups -OCH3 is 1. The van der Waals surface area contributed by atoms with Gasteiger partial charge in [-0.15, -0.1) is 11.3 Å². The molecule has 17 heavy (non-hydrogen) atoms. The first-order chi connectivity index (χ1) is 8.20. The van der Waals surface area contributed by atoms with Crippen LogP contribution in [0.15, 0.2) is 9.90 Å². The molecule has 0 aromatic carbocycles. The zero-order valence-electron chi connectivity index (χ0n) is 9.71. The van der Waals surface area contributed by atoms with Crippen molar-refractivity contribution >= 4 is 11.3 Å². The zero-order valence-corrected chi connectivity index (χ0v) is 10.5. The molecule has 0 saturated carbocycles. The molecule has 2 aromatic rings. The van der Waals surface area contributed by atoms with Crippen molar-refractivity contribution in [2.24, 2.45) is 5.73 Å². The smallest absolute Gasteiger partial charge is 0.277 e. The van der Waals surface area contributed by atoms with Crippen LogP contribution in [0.2, 0.25) is 0 Å². The zero-order chi connectivity index (χ0) is 12.3. The third kappa shape index (κ3) is 2.87. The average molecular weight is 254 g/mol. The average Bonchev–Trinajstić information content (AvgIpc) is 2.94. The topological polar surface area (TPSA) is 87.1 Å². The van der Waals surface area contributed by atoms with Crippen molar-refractivity contribution in [3.05, 3.63) is 16.2 Å². The predicted molar refractivity (Wildman–Crippen MR) is 63.6 cm³/mol. The molecular weight excluding hydrogens is 240 g/mol. The quantitative estimate of drug-likeness (QED) is 0.867. The van der Waals surface area contributed by atoms with E-state index >= 15 is 0 Å². The molecule has 1 atom stereocenters. The predicted octanol–water partition coefficient (Wildman–Crippen LogP) is 1.40. The standard InChI is InChI=1S/C10H14N4O2S/c1-6(11)10-12-7(5-17-10)9-13-8(14-16-9)3-4-15-2/h5-6H,3-4,11H2,1-2H3. The van der Waals surface area contributed by atoms with Gasteiger partial charge in [0.25, 0.3) is 5.89 Å². The van der Waals surface area contributed by atoms with E-state index in [2.05, 4.69) is 15.1 Å². The van der Waals surface area contributed by atoms with Gasteiger partial charge in [-0.3, -0.25) is 0 Å². The molecule has 2 N–H and O–H groups in total. The Morgan fingerprint density at radius 2 is 2.35 bits per heavy atom. The van der Waals surface area contributed by atoms with E-state index in [0.717, 1.165) is 5.01 Å². The van der Waals surface area contributed by atoms with Crippen LogP contribution in [0.4, 0.5) is 0 Å². The van der Waals surface area contributed by atoms with Gasteiger partial charge in [-0.2, -0.15) is 4.98 Å². The van der Waals surface area contributed by atoms with Crippen LogP contribution in [0.25, 0.3) is 11.6 Å². The van der Waals surface area contributed by atoms with E-state index in [-0.39, 0.29) is 6.04 Å². The summed E-state index contributed by atoms with van der Waals surface area (Å²) >= 11 is 1.49. The monoisotopic (exact) mass is 254 g/mol. The highest BCUT2D eigenvalue weighted by Gasteiger charge is 2.13. The van der Waals surface area contributed by atoms with Crippen molar-refractivity contribution in [1.82, 2.24) is 15.1 Å². The minimum absolute atomic E-state index is 0.0790. The lowest BCUT2D eigenvalue weighted by Crippen LogP contribution is -2.03. The second-order valence-corrected chi connectivity index (χ2v) is 4.51. The minimum atomic E-state index is -0.0790. The number of nitrogens with two attached hydrogens (primary N) is 1. The van der Waals surface area contributed by atoms with E-state index in [9.17, 15) is 0 Å². The van der Waals surface area contributed by atoms with Crippen molar-refractivity contribution in [2.45, 2.75) is 19.4 Å². The highest BCUT2D eigenvalue weighted by atomic mass is 32.1. The number of ether oxygens (including phenoxy) is 1. The van der Waals surface area contributed by atoms with Crippen molar-refractivity contribution in [3.63, 3.8) is 0 Å². The minimum Gasteiger partial charge on any atom is -0.384 e. The Labute approximate surface area is 103 Å². The summed E-state index contributed by atoms with van der Waals surface area (Å²) in [6, 6.07) is -0.0790. The van der Waals surface area contributed by atoms with Crippen LogP contribution in [0.5, 0.6) is 0 Å². The Morgan fingerprint density at radius 1 is 1.53 bits per heavy atom. The summed E-state index contributed by atoms with van der Waals surface area (Å²) in [5.41, 5.74) is 6.42. The highest BCUT2D eigenvalue weighted by Crippen LogP contribution is 2.23. The van der Waals surface area contributed by atoms with Crippen LogP contribution in [0.1, 0.15) is 23.8 Å². The Hall–Kier alpha value is -1.31. The number of nitrogens with zero attached hydrogens (tertiary/aromatic N) is 3. The first kappa shape index (κ1) is 12.2. The summed E-state index contributed by atoms with van der Waals surface area (Å²) in [6.07, 6.45) is 0.629. The molecule has 0 amide bonds. The number of aromatic nitrogens is 3. The highest BCUT2D eigenvalue weighted by molar-refractivity contribution is 7.10. The molecule has 2 rings (SSSR count). The van der Waals surface area contributed by atoms with Crippen LogP contribution in [-0.4, -0.2) is 28.8 Å². The van der Waals surface area contributed by atoms with E-state index in [4.69, 9.17) is 15.0 Å². The van der Waals surface area contributed by atoms with Gasteiger partial charge in [-0.25, -0.2) is 4.98 Å². The van der Waals surface area contributed by atoms with E-state index in [0.29, 0.717) is 30.4 Å². The summed E-state index contributed by atoms with van der Waals surface area (Å²) < 4.78 is 10.1. The van der Waals surface area contributed by atoms with Crippen molar-refractivity contribution in [1.29, 1.82) is 0 Å². The molecule has 92 valence electrons. The lowest BCUT2D eigenvalue weighted by atomic mass is 10.4. The van der Waals surface area contributed by atoms with Gasteiger partial charge in [0.1, 0.15) is 10.7 Å². The molecule has 2 aromatic heterocycles. The summed E-state index contributed by atoms with van der Waals surface area (Å²) in [5.74, 6) is 1.05. The number of hydrogen-bond acceptors (Lipinski definition) is 7. The number of hydrogen-bond donors (Lipinski definition) is 1. The van der Waals surface area contributed by atoms with Crippen molar-refractivity contribution in [2.75, 3.05) is 13.7 Å². The summed E-state index contributed by atoms with van der Waals surface area (Å²) in [4.78, 5) is 8.58. The van der Waals surface area contributed by atoms with E-state index < -0.39 is 0 Å². The van der Waals surface area contributed by atoms with Gasteiger partial charge >= 0.3 is 0 Å². The van der Waals surface area contributed by atoms with Crippen LogP contribution >= 0.6 is 11.3 Å². The molecule has 0 spiro atoms. The second-order valence-electron chi connectivity index (χ2n) is 3.62. The van der Waals surface area contributed by atoms with Gasteiger partial charge in [0.05, 0.1) is 12.6 Å². The van der Waals surface area contributed by atoms with Crippen molar-refractivity contribution in [3.8, 4) is 11.6 Å². The van der Waals surface area contributed by atoms with Crippen LogP contribution in [-0.2, 0) is 11.2 Å².